The van der Waals surface area contributed by atoms with E-state index >= 15 is 0 Å². The maximum absolute atomic E-state index is 12.9. The second kappa shape index (κ2) is 5.57. The Morgan fingerprint density at radius 2 is 2.15 bits per heavy atom. The first-order valence-electron chi connectivity index (χ1n) is 5.78. The molecule has 0 fully saturated rings. The number of alkyl halides is 3. The van der Waals surface area contributed by atoms with Crippen molar-refractivity contribution in [1.29, 1.82) is 0 Å². The first-order chi connectivity index (χ1) is 9.32. The third kappa shape index (κ3) is 3.04. The largest absolute Gasteiger partial charge is 0.417 e. The van der Waals surface area contributed by atoms with Gasteiger partial charge in [-0.1, -0.05) is 29.9 Å². The molecule has 0 aliphatic heterocycles. The lowest BCUT2D eigenvalue weighted by atomic mass is 10.2. The van der Waals surface area contributed by atoms with E-state index in [1.807, 2.05) is 13.8 Å². The van der Waals surface area contributed by atoms with Gasteiger partial charge in [0.05, 0.1) is 15.3 Å². The van der Waals surface area contributed by atoms with E-state index in [1.54, 1.807) is 0 Å². The van der Waals surface area contributed by atoms with Gasteiger partial charge in [0.1, 0.15) is 5.52 Å². The average Bonchev–Trinajstić information content (AvgIpc) is 2.79. The summed E-state index contributed by atoms with van der Waals surface area (Å²) in [5.41, 5.74) is 2.89. The van der Waals surface area contributed by atoms with Gasteiger partial charge in [0, 0.05) is 5.71 Å². The lowest BCUT2D eigenvalue weighted by Gasteiger charge is -2.07. The molecule has 1 heterocycles. The van der Waals surface area contributed by atoms with Crippen LogP contribution < -0.4 is 5.43 Å². The van der Waals surface area contributed by atoms with Crippen molar-refractivity contribution in [2.75, 3.05) is 5.43 Å². The summed E-state index contributed by atoms with van der Waals surface area (Å²) < 4.78 is 38.8. The van der Waals surface area contributed by atoms with Crippen molar-refractivity contribution in [2.24, 2.45) is 5.10 Å². The molecular weight excluding hydrogens is 311 g/mol. The molecule has 0 radical (unpaired) electrons. The summed E-state index contributed by atoms with van der Waals surface area (Å²) in [6.07, 6.45) is -3.69. The molecule has 1 aromatic carbocycles. The number of aromatic nitrogens is 1. The highest BCUT2D eigenvalue weighted by molar-refractivity contribution is 7.22. The highest BCUT2D eigenvalue weighted by Gasteiger charge is 2.34. The first-order valence-corrected chi connectivity index (χ1v) is 6.97. The number of nitrogens with one attached hydrogen (secondary N) is 1. The van der Waals surface area contributed by atoms with E-state index in [9.17, 15) is 13.2 Å². The second-order valence-electron chi connectivity index (χ2n) is 4.10. The Kier molecular flexibility index (Phi) is 4.19. The molecule has 8 heteroatoms. The van der Waals surface area contributed by atoms with Crippen molar-refractivity contribution < 1.29 is 13.2 Å². The average molecular weight is 322 g/mol. The van der Waals surface area contributed by atoms with Gasteiger partial charge in [-0.15, -0.1) is 0 Å². The first kappa shape index (κ1) is 15.1. The maximum Gasteiger partial charge on any atom is 0.417 e. The molecule has 0 spiro atoms. The molecule has 0 atom stereocenters. The normalized spacial score (nSPS) is 13.0. The number of rotatable bonds is 3. The predicted molar refractivity (Wildman–Crippen MR) is 76.7 cm³/mol. The molecule has 0 amide bonds. The minimum atomic E-state index is -4.44. The van der Waals surface area contributed by atoms with Gasteiger partial charge in [-0.25, -0.2) is 4.98 Å². The molecule has 2 rings (SSSR count). The second-order valence-corrected chi connectivity index (χ2v) is 5.51. The highest BCUT2D eigenvalue weighted by atomic mass is 35.5. The van der Waals surface area contributed by atoms with E-state index in [0.717, 1.165) is 29.5 Å². The van der Waals surface area contributed by atoms with Gasteiger partial charge in [0.2, 0.25) is 5.13 Å². The molecule has 2 aromatic rings. The third-order valence-electron chi connectivity index (χ3n) is 2.65. The van der Waals surface area contributed by atoms with Gasteiger partial charge >= 0.3 is 6.18 Å². The van der Waals surface area contributed by atoms with Crippen LogP contribution in [0.3, 0.4) is 0 Å². The fourth-order valence-corrected chi connectivity index (χ4v) is 2.69. The molecule has 1 aromatic heterocycles. The fraction of sp³-hybridized carbons (Fsp3) is 0.333. The number of hydrazone groups is 1. The summed E-state index contributed by atoms with van der Waals surface area (Å²) in [7, 11) is 0. The van der Waals surface area contributed by atoms with E-state index < -0.39 is 11.7 Å². The number of fused-ring (bicyclic) bond motifs is 1. The standard InChI is InChI=1S/C12H11ClF3N3S/c1-3-6(2)18-19-11-17-9-8(13)5-4-7(10(9)20-11)12(14,15)16/h4-5H,3H2,1-2H3,(H,17,19)/b18-6-. The van der Waals surface area contributed by atoms with E-state index in [0.29, 0.717) is 0 Å². The monoisotopic (exact) mass is 321 g/mol. The molecule has 0 saturated carbocycles. The van der Waals surface area contributed by atoms with Crippen LogP contribution in [-0.4, -0.2) is 10.7 Å². The molecule has 1 N–H and O–H groups in total. The van der Waals surface area contributed by atoms with Crippen LogP contribution in [0.1, 0.15) is 25.8 Å². The van der Waals surface area contributed by atoms with Gasteiger partial charge < -0.3 is 0 Å². The number of hydrogen-bond donors (Lipinski definition) is 1. The quantitative estimate of drug-likeness (QED) is 0.625. The fourth-order valence-electron chi connectivity index (χ4n) is 1.47. The predicted octanol–water partition coefficient (Wildman–Crippen LogP) is 5.17. The smallest absolute Gasteiger partial charge is 0.253 e. The zero-order chi connectivity index (χ0) is 14.9. The van der Waals surface area contributed by atoms with Gasteiger partial charge in [-0.3, -0.25) is 5.43 Å². The van der Waals surface area contributed by atoms with Crippen molar-refractivity contribution >= 4 is 44.0 Å². The molecule has 20 heavy (non-hydrogen) atoms. The minimum Gasteiger partial charge on any atom is -0.253 e. The Balaban J connectivity index is 2.50. The van der Waals surface area contributed by atoms with E-state index in [-0.39, 0.29) is 20.4 Å². The number of benzene rings is 1. The number of thiazole rings is 1. The van der Waals surface area contributed by atoms with Crippen LogP contribution in [0.4, 0.5) is 18.3 Å². The zero-order valence-corrected chi connectivity index (χ0v) is 12.2. The SMILES string of the molecule is CC/C(C)=N\Nc1nc2c(Cl)ccc(C(F)(F)F)c2s1. The van der Waals surface area contributed by atoms with Crippen molar-refractivity contribution in [1.82, 2.24) is 4.98 Å². The Labute approximate surface area is 122 Å². The number of halogens is 4. The maximum atomic E-state index is 12.9. The minimum absolute atomic E-state index is 0.0110. The van der Waals surface area contributed by atoms with Crippen LogP contribution in [0.25, 0.3) is 10.2 Å². The van der Waals surface area contributed by atoms with Gasteiger partial charge in [0.15, 0.2) is 0 Å². The van der Waals surface area contributed by atoms with Crippen molar-refractivity contribution in [3.05, 3.63) is 22.7 Å². The van der Waals surface area contributed by atoms with Crippen molar-refractivity contribution in [2.45, 2.75) is 26.4 Å². The molecule has 0 aliphatic rings. The molecular formula is C12H11ClF3N3S. The van der Waals surface area contributed by atoms with Crippen LogP contribution in [0, 0.1) is 0 Å². The molecule has 0 saturated heterocycles. The topological polar surface area (TPSA) is 37.3 Å². The van der Waals surface area contributed by atoms with Crippen LogP contribution in [0.5, 0.6) is 0 Å². The molecule has 0 bridgehead atoms. The summed E-state index contributed by atoms with van der Waals surface area (Å²) in [4.78, 5) is 4.06. The van der Waals surface area contributed by atoms with E-state index in [4.69, 9.17) is 11.6 Å². The summed E-state index contributed by atoms with van der Waals surface area (Å²) in [5.74, 6) is 0. The highest BCUT2D eigenvalue weighted by Crippen LogP contribution is 2.41. The summed E-state index contributed by atoms with van der Waals surface area (Å²) in [5, 5.41) is 4.49. The van der Waals surface area contributed by atoms with Crippen LogP contribution in [-0.2, 0) is 6.18 Å². The molecule has 0 unspecified atom stereocenters. The van der Waals surface area contributed by atoms with E-state index in [1.165, 1.54) is 6.07 Å². The lowest BCUT2D eigenvalue weighted by Crippen LogP contribution is -2.04. The molecule has 108 valence electrons. The Morgan fingerprint density at radius 3 is 2.75 bits per heavy atom. The summed E-state index contributed by atoms with van der Waals surface area (Å²) in [6, 6.07) is 2.17. The van der Waals surface area contributed by atoms with E-state index in [2.05, 4.69) is 15.5 Å². The van der Waals surface area contributed by atoms with Gasteiger partial charge in [-0.2, -0.15) is 18.3 Å². The zero-order valence-electron chi connectivity index (χ0n) is 10.7. The van der Waals surface area contributed by atoms with Crippen LogP contribution >= 0.6 is 22.9 Å². The van der Waals surface area contributed by atoms with Crippen molar-refractivity contribution in [3.63, 3.8) is 0 Å². The molecule has 0 aliphatic carbocycles. The molecule has 3 nitrogen and oxygen atoms in total. The summed E-state index contributed by atoms with van der Waals surface area (Å²) >= 11 is 6.78. The Morgan fingerprint density at radius 1 is 1.45 bits per heavy atom. The van der Waals surface area contributed by atoms with Gasteiger partial charge in [-0.05, 0) is 25.5 Å². The Hall–Kier alpha value is -1.34. The summed E-state index contributed by atoms with van der Waals surface area (Å²) in [6.45, 7) is 3.74. The number of anilines is 1. The van der Waals surface area contributed by atoms with Gasteiger partial charge in [0.25, 0.3) is 0 Å². The van der Waals surface area contributed by atoms with Crippen LogP contribution in [0.2, 0.25) is 5.02 Å². The lowest BCUT2D eigenvalue weighted by molar-refractivity contribution is -0.136. The third-order valence-corrected chi connectivity index (χ3v) is 3.95. The van der Waals surface area contributed by atoms with Crippen LogP contribution in [0.15, 0.2) is 17.2 Å². The van der Waals surface area contributed by atoms with Crippen molar-refractivity contribution in [3.8, 4) is 0 Å². The number of nitrogens with zero attached hydrogens (tertiary/aromatic N) is 2. The Bertz CT molecular complexity index is 664. The number of hydrogen-bond acceptors (Lipinski definition) is 4.